The lowest BCUT2D eigenvalue weighted by molar-refractivity contribution is 0.0963. The van der Waals surface area contributed by atoms with E-state index < -0.39 is 0 Å². The summed E-state index contributed by atoms with van der Waals surface area (Å²) in [7, 11) is 4.76. The molecule has 2 heterocycles. The zero-order valence-corrected chi connectivity index (χ0v) is 19.4. The van der Waals surface area contributed by atoms with Gasteiger partial charge < -0.3 is 20.1 Å². The van der Waals surface area contributed by atoms with Crippen molar-refractivity contribution < 1.29 is 19.1 Å². The van der Waals surface area contributed by atoms with Crippen LogP contribution in [0.25, 0.3) is 11.0 Å². The first-order valence-corrected chi connectivity index (χ1v) is 10.6. The summed E-state index contributed by atoms with van der Waals surface area (Å²) in [5.74, 6) is 0.754. The number of nitrogens with one attached hydrogen (secondary N) is 2. The van der Waals surface area contributed by atoms with E-state index in [9.17, 15) is 9.59 Å². The third-order valence-electron chi connectivity index (χ3n) is 5.53. The Hall–Kier alpha value is -4.40. The molecule has 0 saturated heterocycles. The van der Waals surface area contributed by atoms with E-state index in [1.54, 1.807) is 50.3 Å². The van der Waals surface area contributed by atoms with Gasteiger partial charge in [-0.05, 0) is 36.8 Å². The van der Waals surface area contributed by atoms with Gasteiger partial charge in [0, 0.05) is 30.3 Å². The number of carbonyl (C=O) groups is 2. The zero-order chi connectivity index (χ0) is 24.2. The molecule has 2 amide bonds. The summed E-state index contributed by atoms with van der Waals surface area (Å²) in [5, 5.41) is 10.6. The fourth-order valence-corrected chi connectivity index (χ4v) is 3.75. The van der Waals surface area contributed by atoms with Crippen LogP contribution >= 0.6 is 0 Å². The predicted octanol–water partition coefficient (Wildman–Crippen LogP) is 3.42. The molecule has 0 aliphatic heterocycles. The molecule has 0 bridgehead atoms. The van der Waals surface area contributed by atoms with Gasteiger partial charge in [-0.1, -0.05) is 12.1 Å². The molecule has 2 aromatic carbocycles. The van der Waals surface area contributed by atoms with Crippen LogP contribution in [0.3, 0.4) is 0 Å². The Labute approximate surface area is 196 Å². The molecule has 0 aliphatic carbocycles. The second-order valence-electron chi connectivity index (χ2n) is 7.65. The molecule has 0 fully saturated rings. The SMILES string of the molecule is CNC(=O)c1c(C)cccc1NC(=O)c1cnc2c(cnn2Cc2ccc(OC)cc2OC)c1. The van der Waals surface area contributed by atoms with Gasteiger partial charge in [0.1, 0.15) is 11.5 Å². The lowest BCUT2D eigenvalue weighted by Crippen LogP contribution is -2.22. The number of rotatable bonds is 7. The summed E-state index contributed by atoms with van der Waals surface area (Å²) in [6.07, 6.45) is 3.16. The molecule has 0 spiro atoms. The van der Waals surface area contributed by atoms with Gasteiger partial charge in [0.2, 0.25) is 0 Å². The van der Waals surface area contributed by atoms with Gasteiger partial charge in [0.15, 0.2) is 5.65 Å². The van der Waals surface area contributed by atoms with Gasteiger partial charge in [0.25, 0.3) is 11.8 Å². The fourth-order valence-electron chi connectivity index (χ4n) is 3.75. The Morgan fingerprint density at radius 2 is 1.85 bits per heavy atom. The van der Waals surface area contributed by atoms with Crippen molar-refractivity contribution in [2.24, 2.45) is 0 Å². The molecule has 2 aromatic heterocycles. The quantitative estimate of drug-likeness (QED) is 0.439. The van der Waals surface area contributed by atoms with Gasteiger partial charge in [-0.3, -0.25) is 9.59 Å². The van der Waals surface area contributed by atoms with Gasteiger partial charge in [-0.2, -0.15) is 5.10 Å². The Morgan fingerprint density at radius 3 is 2.59 bits per heavy atom. The average Bonchev–Trinajstić information content (AvgIpc) is 3.25. The van der Waals surface area contributed by atoms with E-state index in [1.165, 1.54) is 6.20 Å². The molecular weight excluding hydrogens is 434 g/mol. The predicted molar refractivity (Wildman–Crippen MR) is 129 cm³/mol. The first-order chi connectivity index (χ1) is 16.4. The number of amides is 2. The number of carbonyl (C=O) groups excluding carboxylic acids is 2. The van der Waals surface area contributed by atoms with Crippen LogP contribution in [0.2, 0.25) is 0 Å². The van der Waals surface area contributed by atoms with E-state index in [-0.39, 0.29) is 11.8 Å². The Bertz CT molecular complexity index is 1380. The van der Waals surface area contributed by atoms with E-state index >= 15 is 0 Å². The minimum Gasteiger partial charge on any atom is -0.497 e. The van der Waals surface area contributed by atoms with Crippen LogP contribution in [0.1, 0.15) is 31.8 Å². The summed E-state index contributed by atoms with van der Waals surface area (Å²) in [6.45, 7) is 2.26. The normalized spacial score (nSPS) is 10.7. The number of aromatic nitrogens is 3. The van der Waals surface area contributed by atoms with Crippen LogP contribution < -0.4 is 20.1 Å². The van der Waals surface area contributed by atoms with Crippen LogP contribution in [-0.4, -0.2) is 47.8 Å². The number of nitrogens with zero attached hydrogens (tertiary/aromatic N) is 3. The highest BCUT2D eigenvalue weighted by Gasteiger charge is 2.17. The van der Waals surface area contributed by atoms with Crippen molar-refractivity contribution in [3.8, 4) is 11.5 Å². The molecule has 9 heteroatoms. The Kier molecular flexibility index (Phi) is 6.44. The van der Waals surface area contributed by atoms with Crippen molar-refractivity contribution >= 4 is 28.5 Å². The van der Waals surface area contributed by atoms with E-state index in [0.29, 0.717) is 40.5 Å². The minimum atomic E-state index is -0.366. The number of hydrogen-bond donors (Lipinski definition) is 2. The average molecular weight is 460 g/mol. The standard InChI is InChI=1S/C25H25N5O4/c1-15-6-5-7-20(22(15)25(32)26-2)29-24(31)18-10-17-13-28-30(23(17)27-12-18)14-16-8-9-19(33-3)11-21(16)34-4/h5-13H,14H2,1-4H3,(H,26,32)(H,29,31). The smallest absolute Gasteiger partial charge is 0.257 e. The number of ether oxygens (including phenoxy) is 2. The lowest BCUT2D eigenvalue weighted by atomic mass is 10.1. The number of aryl methyl sites for hydroxylation is 1. The highest BCUT2D eigenvalue weighted by Crippen LogP contribution is 2.26. The van der Waals surface area contributed by atoms with Crippen LogP contribution in [0.15, 0.2) is 54.9 Å². The number of hydrogen-bond acceptors (Lipinski definition) is 6. The summed E-state index contributed by atoms with van der Waals surface area (Å²) in [6, 6.07) is 12.6. The van der Waals surface area contributed by atoms with Gasteiger partial charge in [-0.15, -0.1) is 0 Å². The maximum atomic E-state index is 12.9. The second-order valence-corrected chi connectivity index (χ2v) is 7.65. The second kappa shape index (κ2) is 9.62. The topological polar surface area (TPSA) is 107 Å². The van der Waals surface area contributed by atoms with Crippen LogP contribution in [0.4, 0.5) is 5.69 Å². The van der Waals surface area contributed by atoms with Crippen LogP contribution in [0.5, 0.6) is 11.5 Å². The molecule has 174 valence electrons. The molecule has 0 saturated carbocycles. The Balaban J connectivity index is 1.59. The summed E-state index contributed by atoms with van der Waals surface area (Å²) in [4.78, 5) is 29.7. The molecule has 34 heavy (non-hydrogen) atoms. The molecule has 9 nitrogen and oxygen atoms in total. The molecule has 0 radical (unpaired) electrons. The first-order valence-electron chi connectivity index (χ1n) is 10.6. The van der Waals surface area contributed by atoms with E-state index in [1.807, 2.05) is 31.2 Å². The van der Waals surface area contributed by atoms with Crippen molar-refractivity contribution in [1.29, 1.82) is 0 Å². The zero-order valence-electron chi connectivity index (χ0n) is 19.4. The summed E-state index contributed by atoms with van der Waals surface area (Å²) in [5.41, 5.74) is 3.54. The van der Waals surface area contributed by atoms with Crippen LogP contribution in [0, 0.1) is 6.92 Å². The van der Waals surface area contributed by atoms with E-state index in [2.05, 4.69) is 20.7 Å². The largest absolute Gasteiger partial charge is 0.497 e. The summed E-state index contributed by atoms with van der Waals surface area (Å²) < 4.78 is 12.5. The lowest BCUT2D eigenvalue weighted by Gasteiger charge is -2.13. The van der Waals surface area contributed by atoms with Crippen molar-refractivity contribution in [3.63, 3.8) is 0 Å². The molecule has 2 N–H and O–H groups in total. The molecule has 4 aromatic rings. The number of benzene rings is 2. The monoisotopic (exact) mass is 459 g/mol. The van der Waals surface area contributed by atoms with Crippen LogP contribution in [-0.2, 0) is 6.54 Å². The maximum Gasteiger partial charge on any atom is 0.257 e. The van der Waals surface area contributed by atoms with E-state index in [0.717, 1.165) is 16.5 Å². The number of pyridine rings is 1. The van der Waals surface area contributed by atoms with Gasteiger partial charge >= 0.3 is 0 Å². The number of methoxy groups -OCH3 is 2. The third-order valence-corrected chi connectivity index (χ3v) is 5.53. The highest BCUT2D eigenvalue weighted by molar-refractivity contribution is 6.10. The van der Waals surface area contributed by atoms with Gasteiger partial charge in [-0.25, -0.2) is 9.67 Å². The minimum absolute atomic E-state index is 0.266. The molecular formula is C25H25N5O4. The van der Waals surface area contributed by atoms with Crippen molar-refractivity contribution in [3.05, 3.63) is 77.1 Å². The fraction of sp³-hybridized carbons (Fsp3) is 0.200. The molecule has 0 atom stereocenters. The number of anilines is 1. The molecule has 4 rings (SSSR count). The van der Waals surface area contributed by atoms with Gasteiger partial charge in [0.05, 0.1) is 43.8 Å². The van der Waals surface area contributed by atoms with Crippen molar-refractivity contribution in [2.75, 3.05) is 26.6 Å². The van der Waals surface area contributed by atoms with E-state index in [4.69, 9.17) is 9.47 Å². The van der Waals surface area contributed by atoms with Crippen molar-refractivity contribution in [2.45, 2.75) is 13.5 Å². The first kappa shape index (κ1) is 22.8. The summed E-state index contributed by atoms with van der Waals surface area (Å²) >= 11 is 0. The third kappa shape index (κ3) is 4.40. The molecule has 0 unspecified atom stereocenters. The molecule has 0 aliphatic rings. The maximum absolute atomic E-state index is 12.9. The number of fused-ring (bicyclic) bond motifs is 1. The highest BCUT2D eigenvalue weighted by atomic mass is 16.5. The van der Waals surface area contributed by atoms with Crippen molar-refractivity contribution in [1.82, 2.24) is 20.1 Å². The Morgan fingerprint density at radius 1 is 1.03 bits per heavy atom.